The van der Waals surface area contributed by atoms with Gasteiger partial charge in [-0.3, -0.25) is 4.79 Å². The van der Waals surface area contributed by atoms with Crippen molar-refractivity contribution in [1.82, 2.24) is 0 Å². The molecule has 0 saturated heterocycles. The quantitative estimate of drug-likeness (QED) is 0.674. The molecule has 0 saturated carbocycles. The van der Waals surface area contributed by atoms with Crippen molar-refractivity contribution in [2.75, 3.05) is 0 Å². The van der Waals surface area contributed by atoms with E-state index in [1.54, 1.807) is 0 Å². The molecule has 0 aromatic rings. The summed E-state index contributed by atoms with van der Waals surface area (Å²) in [5.41, 5.74) is 8.13. The van der Waals surface area contributed by atoms with E-state index in [0.717, 1.165) is 25.7 Å². The second kappa shape index (κ2) is 3.82. The third-order valence-electron chi connectivity index (χ3n) is 3.03. The number of rotatable bonds is 1. The highest BCUT2D eigenvalue weighted by atomic mass is 16.1. The van der Waals surface area contributed by atoms with Crippen molar-refractivity contribution in [2.24, 2.45) is 11.7 Å². The molecule has 1 amide bonds. The third-order valence-corrected chi connectivity index (χ3v) is 3.03. The van der Waals surface area contributed by atoms with E-state index in [1.165, 1.54) is 11.1 Å². The fourth-order valence-corrected chi connectivity index (χ4v) is 2.14. The van der Waals surface area contributed by atoms with Crippen molar-refractivity contribution in [2.45, 2.75) is 25.7 Å². The smallest absolute Gasteiger partial charge is 0.220 e. The summed E-state index contributed by atoms with van der Waals surface area (Å²) >= 11 is 0. The van der Waals surface area contributed by atoms with Crippen LogP contribution in [0.5, 0.6) is 0 Å². The lowest BCUT2D eigenvalue weighted by atomic mass is 9.82. The van der Waals surface area contributed by atoms with Gasteiger partial charge >= 0.3 is 0 Å². The van der Waals surface area contributed by atoms with Gasteiger partial charge in [-0.25, -0.2) is 0 Å². The molecule has 0 aromatic heterocycles. The molecule has 0 aromatic carbocycles. The van der Waals surface area contributed by atoms with Crippen LogP contribution in [0.3, 0.4) is 0 Å². The fourth-order valence-electron chi connectivity index (χ4n) is 2.14. The molecule has 1 unspecified atom stereocenters. The maximum atomic E-state index is 11.1. The second-order valence-corrected chi connectivity index (χ2v) is 3.96. The maximum absolute atomic E-state index is 11.1. The Balaban J connectivity index is 2.18. The van der Waals surface area contributed by atoms with Crippen LogP contribution in [0.4, 0.5) is 0 Å². The molecule has 2 nitrogen and oxygen atoms in total. The van der Waals surface area contributed by atoms with E-state index >= 15 is 0 Å². The summed E-state index contributed by atoms with van der Waals surface area (Å²) in [6.07, 6.45) is 12.2. The molecule has 2 aliphatic carbocycles. The van der Waals surface area contributed by atoms with E-state index in [2.05, 4.69) is 18.2 Å². The molecule has 1 atom stereocenters. The highest BCUT2D eigenvalue weighted by Crippen LogP contribution is 2.33. The van der Waals surface area contributed by atoms with Gasteiger partial charge in [-0.15, -0.1) is 0 Å². The van der Waals surface area contributed by atoms with Gasteiger partial charge in [-0.2, -0.15) is 0 Å². The largest absolute Gasteiger partial charge is 0.369 e. The summed E-state index contributed by atoms with van der Waals surface area (Å²) in [4.78, 5) is 11.1. The van der Waals surface area contributed by atoms with Gasteiger partial charge in [-0.05, 0) is 31.3 Å². The molecule has 14 heavy (non-hydrogen) atoms. The van der Waals surface area contributed by atoms with Crippen LogP contribution in [0.1, 0.15) is 25.7 Å². The summed E-state index contributed by atoms with van der Waals surface area (Å²) in [5.74, 6) is -0.0985. The Morgan fingerprint density at radius 3 is 3.07 bits per heavy atom. The topological polar surface area (TPSA) is 43.1 Å². The molecule has 74 valence electrons. The van der Waals surface area contributed by atoms with Crippen molar-refractivity contribution >= 4 is 5.91 Å². The highest BCUT2D eigenvalue weighted by molar-refractivity contribution is 5.77. The number of hydrogen-bond donors (Lipinski definition) is 1. The number of amides is 1. The van der Waals surface area contributed by atoms with Gasteiger partial charge in [-0.1, -0.05) is 29.9 Å². The van der Waals surface area contributed by atoms with E-state index in [9.17, 15) is 4.79 Å². The van der Waals surface area contributed by atoms with Crippen LogP contribution in [-0.2, 0) is 4.79 Å². The third kappa shape index (κ3) is 1.79. The van der Waals surface area contributed by atoms with Gasteiger partial charge in [0.15, 0.2) is 0 Å². The van der Waals surface area contributed by atoms with Gasteiger partial charge in [0.2, 0.25) is 5.91 Å². The van der Waals surface area contributed by atoms with Crippen LogP contribution in [-0.4, -0.2) is 5.91 Å². The number of allylic oxidation sites excluding steroid dienone is 6. The normalized spacial score (nSPS) is 25.9. The standard InChI is InChI=1S/C12H15NO/c13-12(14)11-7-6-9-4-2-1-3-5-10(9)8-11/h1-3,5,11H,4,6-8H2,(H2,13,14). The Hall–Kier alpha value is -1.31. The van der Waals surface area contributed by atoms with E-state index < -0.39 is 0 Å². The lowest BCUT2D eigenvalue weighted by molar-refractivity contribution is -0.122. The van der Waals surface area contributed by atoms with E-state index in [1.807, 2.05) is 6.08 Å². The first-order valence-corrected chi connectivity index (χ1v) is 5.11. The fraction of sp³-hybridized carbons (Fsp3) is 0.417. The second-order valence-electron chi connectivity index (χ2n) is 3.96. The molecular formula is C12H15NO. The average Bonchev–Trinajstić information content (AvgIpc) is 2.41. The molecule has 2 rings (SSSR count). The Bertz CT molecular complexity index is 336. The first-order valence-electron chi connectivity index (χ1n) is 5.11. The van der Waals surface area contributed by atoms with Crippen LogP contribution in [0.2, 0.25) is 0 Å². The summed E-state index contributed by atoms with van der Waals surface area (Å²) < 4.78 is 0. The Labute approximate surface area is 84.2 Å². The molecule has 0 radical (unpaired) electrons. The molecule has 2 heteroatoms. The lowest BCUT2D eigenvalue weighted by Gasteiger charge is -2.22. The Kier molecular flexibility index (Phi) is 2.53. The maximum Gasteiger partial charge on any atom is 0.220 e. The summed E-state index contributed by atoms with van der Waals surface area (Å²) in [5, 5.41) is 0. The molecule has 0 bridgehead atoms. The zero-order valence-electron chi connectivity index (χ0n) is 8.20. The Morgan fingerprint density at radius 2 is 2.29 bits per heavy atom. The van der Waals surface area contributed by atoms with Crippen LogP contribution >= 0.6 is 0 Å². The van der Waals surface area contributed by atoms with Gasteiger partial charge in [0.05, 0.1) is 0 Å². The van der Waals surface area contributed by atoms with E-state index in [-0.39, 0.29) is 11.8 Å². The molecular weight excluding hydrogens is 174 g/mol. The number of carbonyl (C=O) groups is 1. The van der Waals surface area contributed by atoms with Crippen LogP contribution in [0.25, 0.3) is 0 Å². The monoisotopic (exact) mass is 189 g/mol. The molecule has 2 N–H and O–H groups in total. The van der Waals surface area contributed by atoms with Gasteiger partial charge in [0, 0.05) is 5.92 Å². The molecule has 0 spiro atoms. The first kappa shape index (κ1) is 9.25. The van der Waals surface area contributed by atoms with Crippen molar-refractivity contribution in [1.29, 1.82) is 0 Å². The van der Waals surface area contributed by atoms with Crippen molar-refractivity contribution in [3.8, 4) is 0 Å². The SMILES string of the molecule is NC(=O)C1CCC2=C(C=CC=CC2)C1. The minimum absolute atomic E-state index is 0.0523. The minimum Gasteiger partial charge on any atom is -0.369 e. The first-order chi connectivity index (χ1) is 6.77. The summed E-state index contributed by atoms with van der Waals surface area (Å²) in [7, 11) is 0. The minimum atomic E-state index is -0.151. The molecule has 0 heterocycles. The highest BCUT2D eigenvalue weighted by Gasteiger charge is 2.23. The van der Waals surface area contributed by atoms with Crippen molar-refractivity contribution in [3.63, 3.8) is 0 Å². The number of carbonyl (C=O) groups excluding carboxylic acids is 1. The summed E-state index contributed by atoms with van der Waals surface area (Å²) in [6, 6.07) is 0. The van der Waals surface area contributed by atoms with Crippen molar-refractivity contribution in [3.05, 3.63) is 35.5 Å². The van der Waals surface area contributed by atoms with Gasteiger partial charge < -0.3 is 5.73 Å². The average molecular weight is 189 g/mol. The van der Waals surface area contributed by atoms with Crippen molar-refractivity contribution < 1.29 is 4.79 Å². The number of primary amides is 1. The number of hydrogen-bond acceptors (Lipinski definition) is 1. The van der Waals surface area contributed by atoms with Gasteiger partial charge in [0.1, 0.15) is 0 Å². The number of nitrogens with two attached hydrogens (primary N) is 1. The molecule has 2 aliphatic rings. The van der Waals surface area contributed by atoms with E-state index in [0.29, 0.717) is 0 Å². The zero-order chi connectivity index (χ0) is 9.97. The Morgan fingerprint density at radius 1 is 1.43 bits per heavy atom. The van der Waals surface area contributed by atoms with Gasteiger partial charge in [0.25, 0.3) is 0 Å². The van der Waals surface area contributed by atoms with E-state index in [4.69, 9.17) is 5.73 Å². The zero-order valence-corrected chi connectivity index (χ0v) is 8.20. The molecule has 0 aliphatic heterocycles. The lowest BCUT2D eigenvalue weighted by Crippen LogP contribution is -2.25. The van der Waals surface area contributed by atoms with Crippen LogP contribution in [0, 0.1) is 5.92 Å². The predicted octanol–water partition coefficient (Wildman–Crippen LogP) is 2.08. The summed E-state index contributed by atoms with van der Waals surface area (Å²) in [6.45, 7) is 0. The van der Waals surface area contributed by atoms with Crippen LogP contribution in [0.15, 0.2) is 35.5 Å². The molecule has 0 fully saturated rings. The van der Waals surface area contributed by atoms with Crippen LogP contribution < -0.4 is 5.73 Å². The predicted molar refractivity (Wildman–Crippen MR) is 56.5 cm³/mol.